The zero-order chi connectivity index (χ0) is 20.3. The molecule has 3 rings (SSSR count). The number of hydrogen-bond acceptors (Lipinski definition) is 4. The molecular formula is C23H27NO3S. The highest BCUT2D eigenvalue weighted by atomic mass is 32.1. The van der Waals surface area contributed by atoms with E-state index in [0.29, 0.717) is 24.4 Å². The Bertz CT molecular complexity index is 875. The Balaban J connectivity index is 1.92. The third-order valence-electron chi connectivity index (χ3n) is 4.56. The van der Waals surface area contributed by atoms with Gasteiger partial charge in [0.05, 0.1) is 7.11 Å². The van der Waals surface area contributed by atoms with Crippen molar-refractivity contribution in [3.05, 3.63) is 65.2 Å². The van der Waals surface area contributed by atoms with Crippen LogP contribution >= 0.6 is 12.6 Å². The molecule has 0 radical (unpaired) electrons. The maximum absolute atomic E-state index is 13.0. The number of nitrogens with zero attached hydrogens (tertiary/aromatic N) is 1. The molecule has 1 aliphatic rings. The van der Waals surface area contributed by atoms with Crippen LogP contribution in [0.3, 0.4) is 0 Å². The van der Waals surface area contributed by atoms with Crippen LogP contribution in [-0.4, -0.2) is 35.3 Å². The molecule has 2 aromatic carbocycles. The molecule has 0 fully saturated rings. The van der Waals surface area contributed by atoms with Crippen LogP contribution in [0.15, 0.2) is 48.5 Å². The van der Waals surface area contributed by atoms with Crippen LogP contribution in [0, 0.1) is 0 Å². The lowest BCUT2D eigenvalue weighted by Crippen LogP contribution is -2.34. The van der Waals surface area contributed by atoms with Crippen molar-refractivity contribution in [2.75, 3.05) is 13.7 Å². The van der Waals surface area contributed by atoms with Crippen LogP contribution < -0.4 is 9.47 Å². The summed E-state index contributed by atoms with van der Waals surface area (Å²) < 4.78 is 11.7. The van der Waals surface area contributed by atoms with E-state index in [9.17, 15) is 4.79 Å². The minimum atomic E-state index is -0.376. The molecule has 28 heavy (non-hydrogen) atoms. The zero-order valence-electron chi connectivity index (χ0n) is 16.8. The summed E-state index contributed by atoms with van der Waals surface area (Å²) >= 11 is 4.50. The molecule has 1 heterocycles. The van der Waals surface area contributed by atoms with Crippen LogP contribution in [0.5, 0.6) is 11.5 Å². The topological polar surface area (TPSA) is 38.8 Å². The van der Waals surface area contributed by atoms with Gasteiger partial charge in [-0.05, 0) is 49.8 Å². The van der Waals surface area contributed by atoms with E-state index in [-0.39, 0.29) is 16.8 Å². The van der Waals surface area contributed by atoms with Crippen molar-refractivity contribution in [2.45, 2.75) is 38.2 Å². The Hall–Kier alpha value is -2.40. The minimum absolute atomic E-state index is 0.00823. The first-order valence-electron chi connectivity index (χ1n) is 9.40. The Morgan fingerprint density at radius 1 is 1.25 bits per heavy atom. The van der Waals surface area contributed by atoms with Crippen molar-refractivity contribution in [1.82, 2.24) is 4.90 Å². The molecule has 1 aliphatic heterocycles. The molecule has 5 heteroatoms. The van der Waals surface area contributed by atoms with Gasteiger partial charge in [0.25, 0.3) is 5.91 Å². The van der Waals surface area contributed by atoms with Gasteiger partial charge >= 0.3 is 0 Å². The lowest BCUT2D eigenvalue weighted by atomic mass is 9.99. The number of hydrogen-bond donors (Lipinski definition) is 1. The van der Waals surface area contributed by atoms with Crippen LogP contribution in [0.2, 0.25) is 0 Å². The number of carbonyl (C=O) groups excluding carboxylic acids is 1. The molecule has 0 saturated carbocycles. The standard InChI is InChI=1S/C23H27NO3S/c1-16(28)14-24(22(25)18-8-6-5-7-9-18)15-17-12-19-10-11-23(2,3)27-21(19)20(13-17)26-4/h5-13,16,28H,14-15H2,1-4H3. The molecular weight excluding hydrogens is 370 g/mol. The maximum Gasteiger partial charge on any atom is 0.254 e. The summed E-state index contributed by atoms with van der Waals surface area (Å²) in [5, 5.41) is 0.0659. The second-order valence-electron chi connectivity index (χ2n) is 7.66. The van der Waals surface area contributed by atoms with Gasteiger partial charge in [0.15, 0.2) is 11.5 Å². The highest BCUT2D eigenvalue weighted by Crippen LogP contribution is 2.40. The number of benzene rings is 2. The van der Waals surface area contributed by atoms with Gasteiger partial charge < -0.3 is 14.4 Å². The molecule has 4 nitrogen and oxygen atoms in total. The molecule has 1 unspecified atom stereocenters. The van der Waals surface area contributed by atoms with E-state index < -0.39 is 0 Å². The molecule has 148 valence electrons. The second-order valence-corrected chi connectivity index (χ2v) is 8.54. The van der Waals surface area contributed by atoms with Crippen LogP contribution in [0.1, 0.15) is 42.3 Å². The lowest BCUT2D eigenvalue weighted by molar-refractivity contribution is 0.0745. The van der Waals surface area contributed by atoms with E-state index in [2.05, 4.69) is 24.8 Å². The molecule has 1 atom stereocenters. The van der Waals surface area contributed by atoms with Gasteiger partial charge in [-0.2, -0.15) is 12.6 Å². The number of carbonyl (C=O) groups is 1. The van der Waals surface area contributed by atoms with Gasteiger partial charge in [-0.25, -0.2) is 0 Å². The third kappa shape index (κ3) is 4.71. The summed E-state index contributed by atoms with van der Waals surface area (Å²) in [7, 11) is 1.64. The number of ether oxygens (including phenoxy) is 2. The number of fused-ring (bicyclic) bond motifs is 1. The van der Waals surface area contributed by atoms with Crippen LogP contribution in [-0.2, 0) is 6.54 Å². The fourth-order valence-corrected chi connectivity index (χ4v) is 3.47. The van der Waals surface area contributed by atoms with Crippen molar-refractivity contribution < 1.29 is 14.3 Å². The maximum atomic E-state index is 13.0. The van der Waals surface area contributed by atoms with E-state index in [0.717, 1.165) is 16.9 Å². The van der Waals surface area contributed by atoms with Crippen LogP contribution in [0.4, 0.5) is 0 Å². The summed E-state index contributed by atoms with van der Waals surface area (Å²) in [5.74, 6) is 1.41. The minimum Gasteiger partial charge on any atom is -0.493 e. The van der Waals surface area contributed by atoms with Crippen LogP contribution in [0.25, 0.3) is 6.08 Å². The fraction of sp³-hybridized carbons (Fsp3) is 0.348. The summed E-state index contributed by atoms with van der Waals surface area (Å²) in [4.78, 5) is 14.9. The molecule has 1 amide bonds. The van der Waals surface area contributed by atoms with E-state index in [4.69, 9.17) is 9.47 Å². The zero-order valence-corrected chi connectivity index (χ0v) is 17.7. The van der Waals surface area contributed by atoms with E-state index in [1.54, 1.807) is 7.11 Å². The average Bonchev–Trinajstić information content (AvgIpc) is 2.66. The smallest absolute Gasteiger partial charge is 0.254 e. The van der Waals surface area contributed by atoms with E-state index >= 15 is 0 Å². The Morgan fingerprint density at radius 3 is 2.61 bits per heavy atom. The molecule has 0 aliphatic carbocycles. The fourth-order valence-electron chi connectivity index (χ4n) is 3.27. The van der Waals surface area contributed by atoms with Crippen molar-refractivity contribution >= 4 is 24.6 Å². The predicted molar refractivity (Wildman–Crippen MR) is 116 cm³/mol. The molecule has 0 N–H and O–H groups in total. The molecule has 0 spiro atoms. The van der Waals surface area contributed by atoms with Gasteiger partial charge in [0, 0.05) is 29.5 Å². The molecule has 0 bridgehead atoms. The van der Waals surface area contributed by atoms with Crippen molar-refractivity contribution in [3.8, 4) is 11.5 Å². The quantitative estimate of drug-likeness (QED) is 0.709. The van der Waals surface area contributed by atoms with Crippen molar-refractivity contribution in [3.63, 3.8) is 0 Å². The first-order chi connectivity index (χ1) is 13.3. The first-order valence-corrected chi connectivity index (χ1v) is 9.92. The SMILES string of the molecule is COc1cc(CN(CC(C)S)C(=O)c2ccccc2)cc2c1OC(C)(C)C=C2. The van der Waals surface area contributed by atoms with Gasteiger partial charge in [0.2, 0.25) is 0 Å². The normalized spacial score (nSPS) is 15.3. The third-order valence-corrected chi connectivity index (χ3v) is 4.72. The number of amides is 1. The van der Waals surface area contributed by atoms with E-state index in [1.165, 1.54) is 0 Å². The van der Waals surface area contributed by atoms with Crippen molar-refractivity contribution in [2.24, 2.45) is 0 Å². The summed E-state index contributed by atoms with van der Waals surface area (Å²) in [5.41, 5.74) is 2.24. The Labute approximate surface area is 172 Å². The molecule has 0 aromatic heterocycles. The predicted octanol–water partition coefficient (Wildman–Crippen LogP) is 4.84. The Kier molecular flexibility index (Phi) is 6.04. The largest absolute Gasteiger partial charge is 0.493 e. The number of methoxy groups -OCH3 is 1. The second kappa shape index (κ2) is 8.31. The van der Waals surface area contributed by atoms with Gasteiger partial charge in [-0.3, -0.25) is 4.79 Å². The highest BCUT2D eigenvalue weighted by molar-refractivity contribution is 7.80. The molecule has 2 aromatic rings. The van der Waals surface area contributed by atoms with Gasteiger partial charge in [0.1, 0.15) is 5.60 Å². The number of thiol groups is 1. The average molecular weight is 398 g/mol. The van der Waals surface area contributed by atoms with Gasteiger partial charge in [-0.15, -0.1) is 0 Å². The lowest BCUT2D eigenvalue weighted by Gasteiger charge is -2.30. The summed E-state index contributed by atoms with van der Waals surface area (Å²) in [6.45, 7) is 7.03. The summed E-state index contributed by atoms with van der Waals surface area (Å²) in [6.07, 6.45) is 4.08. The Morgan fingerprint density at radius 2 is 1.96 bits per heavy atom. The number of rotatable bonds is 6. The van der Waals surface area contributed by atoms with Crippen molar-refractivity contribution in [1.29, 1.82) is 0 Å². The monoisotopic (exact) mass is 397 g/mol. The summed E-state index contributed by atoms with van der Waals surface area (Å²) in [6, 6.07) is 13.3. The van der Waals surface area contributed by atoms with E-state index in [1.807, 2.05) is 68.1 Å². The van der Waals surface area contributed by atoms with Gasteiger partial charge in [-0.1, -0.05) is 31.2 Å². The first kappa shape index (κ1) is 20.3. The molecule has 0 saturated heterocycles. The highest BCUT2D eigenvalue weighted by Gasteiger charge is 2.26.